The van der Waals surface area contributed by atoms with Gasteiger partial charge in [0.2, 0.25) is 0 Å². The molecule has 1 N–H and O–H groups in total. The highest BCUT2D eigenvalue weighted by Crippen LogP contribution is 2.15. The minimum absolute atomic E-state index is 0.457. The Morgan fingerprint density at radius 2 is 1.85 bits per heavy atom. The number of anilines is 1. The van der Waals surface area contributed by atoms with Gasteiger partial charge in [-0.15, -0.1) is 0 Å². The van der Waals surface area contributed by atoms with E-state index in [4.69, 9.17) is 4.74 Å². The second-order valence-electron chi connectivity index (χ2n) is 5.30. The van der Waals surface area contributed by atoms with Gasteiger partial charge in [-0.05, 0) is 62.1 Å². The highest BCUT2D eigenvalue weighted by molar-refractivity contribution is 5.46. The van der Waals surface area contributed by atoms with E-state index in [0.717, 1.165) is 18.6 Å². The maximum absolute atomic E-state index is 5.17. The largest absolute Gasteiger partial charge is 0.497 e. The van der Waals surface area contributed by atoms with E-state index in [0.29, 0.717) is 6.04 Å². The minimum atomic E-state index is 0.457. The van der Waals surface area contributed by atoms with Gasteiger partial charge >= 0.3 is 0 Å². The van der Waals surface area contributed by atoms with E-state index < -0.39 is 0 Å². The summed E-state index contributed by atoms with van der Waals surface area (Å²) in [5.41, 5.74) is 3.84. The Balaban J connectivity index is 1.83. The Labute approximate surface area is 121 Å². The molecule has 0 radical (unpaired) electrons. The normalized spacial score (nSPS) is 11.9. The third-order valence-electron chi connectivity index (χ3n) is 3.46. The lowest BCUT2D eigenvalue weighted by Crippen LogP contribution is -2.15. The fourth-order valence-corrected chi connectivity index (χ4v) is 2.27. The number of benzene rings is 2. The van der Waals surface area contributed by atoms with Gasteiger partial charge in [-0.3, -0.25) is 0 Å². The molecule has 0 bridgehead atoms. The lowest BCUT2D eigenvalue weighted by Gasteiger charge is -2.15. The third-order valence-corrected chi connectivity index (χ3v) is 3.46. The summed E-state index contributed by atoms with van der Waals surface area (Å²) >= 11 is 0. The molecule has 2 nitrogen and oxygen atoms in total. The van der Waals surface area contributed by atoms with Gasteiger partial charge in [0.1, 0.15) is 5.75 Å². The van der Waals surface area contributed by atoms with E-state index in [1.807, 2.05) is 12.1 Å². The first-order valence-corrected chi connectivity index (χ1v) is 7.13. The molecule has 0 fully saturated rings. The molecular formula is C18H23NO. The van der Waals surface area contributed by atoms with Crippen LogP contribution >= 0.6 is 0 Å². The van der Waals surface area contributed by atoms with Crippen molar-refractivity contribution >= 4 is 5.69 Å². The number of ether oxygens (including phenoxy) is 1. The number of hydrogen-bond acceptors (Lipinski definition) is 2. The summed E-state index contributed by atoms with van der Waals surface area (Å²) in [7, 11) is 1.70. The molecular weight excluding hydrogens is 246 g/mol. The molecule has 106 valence electrons. The van der Waals surface area contributed by atoms with Gasteiger partial charge in [0.25, 0.3) is 0 Å². The molecule has 0 aliphatic heterocycles. The van der Waals surface area contributed by atoms with E-state index in [2.05, 4.69) is 55.6 Å². The maximum Gasteiger partial charge on any atom is 0.118 e. The molecule has 0 aromatic heterocycles. The smallest absolute Gasteiger partial charge is 0.118 e. The van der Waals surface area contributed by atoms with Gasteiger partial charge < -0.3 is 10.1 Å². The number of aryl methyl sites for hydroxylation is 2. The first-order chi connectivity index (χ1) is 9.67. The molecule has 2 heteroatoms. The Morgan fingerprint density at radius 3 is 2.50 bits per heavy atom. The van der Waals surface area contributed by atoms with Crippen molar-refractivity contribution in [2.75, 3.05) is 12.4 Å². The monoisotopic (exact) mass is 269 g/mol. The fourth-order valence-electron chi connectivity index (χ4n) is 2.27. The van der Waals surface area contributed by atoms with Crippen LogP contribution in [0.3, 0.4) is 0 Å². The van der Waals surface area contributed by atoms with Crippen LogP contribution in [0.15, 0.2) is 48.5 Å². The zero-order valence-corrected chi connectivity index (χ0v) is 12.5. The van der Waals surface area contributed by atoms with E-state index in [1.165, 1.54) is 16.8 Å². The van der Waals surface area contributed by atoms with Crippen LogP contribution in [0.1, 0.15) is 24.5 Å². The molecule has 0 unspecified atom stereocenters. The highest BCUT2D eigenvalue weighted by atomic mass is 16.5. The summed E-state index contributed by atoms with van der Waals surface area (Å²) in [6.07, 6.45) is 2.18. The van der Waals surface area contributed by atoms with Crippen LogP contribution in [0.2, 0.25) is 0 Å². The van der Waals surface area contributed by atoms with Gasteiger partial charge in [-0.2, -0.15) is 0 Å². The molecule has 0 saturated heterocycles. The summed E-state index contributed by atoms with van der Waals surface area (Å²) < 4.78 is 5.17. The number of hydrogen-bond donors (Lipinski definition) is 1. The van der Waals surface area contributed by atoms with Gasteiger partial charge in [0.15, 0.2) is 0 Å². The lowest BCUT2D eigenvalue weighted by atomic mass is 10.1. The topological polar surface area (TPSA) is 21.3 Å². The lowest BCUT2D eigenvalue weighted by molar-refractivity contribution is 0.414. The first kappa shape index (κ1) is 14.4. The molecule has 2 aromatic rings. The van der Waals surface area contributed by atoms with E-state index in [1.54, 1.807) is 7.11 Å². The van der Waals surface area contributed by atoms with Crippen LogP contribution in [-0.4, -0.2) is 13.2 Å². The van der Waals surface area contributed by atoms with Crippen molar-refractivity contribution in [1.29, 1.82) is 0 Å². The van der Waals surface area contributed by atoms with Crippen molar-refractivity contribution in [2.45, 2.75) is 32.7 Å². The Morgan fingerprint density at radius 1 is 1.10 bits per heavy atom. The van der Waals surface area contributed by atoms with E-state index in [-0.39, 0.29) is 0 Å². The summed E-state index contributed by atoms with van der Waals surface area (Å²) in [6.45, 7) is 4.35. The third kappa shape index (κ3) is 4.30. The summed E-state index contributed by atoms with van der Waals surface area (Å²) in [4.78, 5) is 0. The Bertz CT molecular complexity index is 533. The average Bonchev–Trinajstić information content (AvgIpc) is 2.46. The summed E-state index contributed by atoms with van der Waals surface area (Å²) in [5, 5.41) is 3.55. The van der Waals surface area contributed by atoms with Crippen molar-refractivity contribution in [3.05, 3.63) is 59.7 Å². The Kier molecular flexibility index (Phi) is 5.05. The van der Waals surface area contributed by atoms with Crippen molar-refractivity contribution in [3.8, 4) is 5.75 Å². The summed E-state index contributed by atoms with van der Waals surface area (Å²) in [5.74, 6) is 0.916. The van der Waals surface area contributed by atoms with Crippen LogP contribution in [0.5, 0.6) is 5.75 Å². The van der Waals surface area contributed by atoms with Crippen LogP contribution in [0.25, 0.3) is 0 Å². The molecule has 0 heterocycles. The van der Waals surface area contributed by atoms with Crippen molar-refractivity contribution < 1.29 is 4.74 Å². The number of rotatable bonds is 6. The number of nitrogens with one attached hydrogen (secondary N) is 1. The average molecular weight is 269 g/mol. The number of methoxy groups -OCH3 is 1. The minimum Gasteiger partial charge on any atom is -0.497 e. The predicted molar refractivity (Wildman–Crippen MR) is 85.6 cm³/mol. The van der Waals surface area contributed by atoms with Crippen LogP contribution in [-0.2, 0) is 6.42 Å². The molecule has 0 aliphatic carbocycles. The second-order valence-corrected chi connectivity index (χ2v) is 5.30. The zero-order chi connectivity index (χ0) is 14.4. The molecule has 2 aromatic carbocycles. The summed E-state index contributed by atoms with van der Waals surface area (Å²) in [6, 6.07) is 17.3. The van der Waals surface area contributed by atoms with E-state index >= 15 is 0 Å². The quantitative estimate of drug-likeness (QED) is 0.837. The second kappa shape index (κ2) is 6.99. The van der Waals surface area contributed by atoms with Gasteiger partial charge in [0.05, 0.1) is 7.11 Å². The van der Waals surface area contributed by atoms with Crippen LogP contribution in [0.4, 0.5) is 5.69 Å². The van der Waals surface area contributed by atoms with Gasteiger partial charge in [-0.25, -0.2) is 0 Å². The first-order valence-electron chi connectivity index (χ1n) is 7.13. The molecule has 0 spiro atoms. The predicted octanol–water partition coefficient (Wildman–Crippen LogP) is 4.44. The van der Waals surface area contributed by atoms with Crippen molar-refractivity contribution in [3.63, 3.8) is 0 Å². The molecule has 2 rings (SSSR count). The maximum atomic E-state index is 5.17. The van der Waals surface area contributed by atoms with Crippen molar-refractivity contribution in [2.24, 2.45) is 0 Å². The molecule has 0 saturated carbocycles. The van der Waals surface area contributed by atoms with Crippen LogP contribution < -0.4 is 10.1 Å². The van der Waals surface area contributed by atoms with E-state index in [9.17, 15) is 0 Å². The SMILES string of the molecule is COc1ccc(CC[C@@H](C)Nc2cccc(C)c2)cc1. The van der Waals surface area contributed by atoms with Gasteiger partial charge in [-0.1, -0.05) is 24.3 Å². The fraction of sp³-hybridized carbons (Fsp3) is 0.333. The van der Waals surface area contributed by atoms with Gasteiger partial charge in [0, 0.05) is 11.7 Å². The molecule has 20 heavy (non-hydrogen) atoms. The molecule has 0 amide bonds. The molecule has 1 atom stereocenters. The standard InChI is InChI=1S/C18H23NO/c1-14-5-4-6-17(13-14)19-15(2)7-8-16-9-11-18(20-3)12-10-16/h4-6,9-13,15,19H,7-8H2,1-3H3/t15-/m1/s1. The highest BCUT2D eigenvalue weighted by Gasteiger charge is 2.03. The Hall–Kier alpha value is -1.96. The van der Waals surface area contributed by atoms with Crippen LogP contribution in [0, 0.1) is 6.92 Å². The molecule has 0 aliphatic rings. The van der Waals surface area contributed by atoms with Crippen molar-refractivity contribution in [1.82, 2.24) is 0 Å². The zero-order valence-electron chi connectivity index (χ0n) is 12.5.